The van der Waals surface area contributed by atoms with E-state index in [4.69, 9.17) is 17.3 Å². The van der Waals surface area contributed by atoms with E-state index in [1.807, 2.05) is 10.5 Å². The van der Waals surface area contributed by atoms with Gasteiger partial charge < -0.3 is 10.6 Å². The first-order valence-electron chi connectivity index (χ1n) is 7.81. The maximum Gasteiger partial charge on any atom is 0.119 e. The third kappa shape index (κ3) is 3.29. The number of hydrogen-bond donors (Lipinski definition) is 3. The molecular weight excluding hydrogens is 336 g/mol. The van der Waals surface area contributed by atoms with Crippen molar-refractivity contribution >= 4 is 33.5 Å². The Bertz CT molecular complexity index is 696. The van der Waals surface area contributed by atoms with Crippen LogP contribution in [0.25, 0.3) is 5.52 Å². The van der Waals surface area contributed by atoms with Gasteiger partial charge in [0.1, 0.15) is 12.1 Å². The molecule has 0 bridgehead atoms. The van der Waals surface area contributed by atoms with Crippen molar-refractivity contribution in [2.24, 2.45) is 5.73 Å². The molecule has 1 aliphatic heterocycles. The van der Waals surface area contributed by atoms with Gasteiger partial charge in [0.2, 0.25) is 0 Å². The van der Waals surface area contributed by atoms with Crippen LogP contribution in [0.4, 0.5) is 5.82 Å². The Labute approximate surface area is 142 Å². The van der Waals surface area contributed by atoms with E-state index in [0.29, 0.717) is 29.6 Å². The Morgan fingerprint density at radius 3 is 2.74 bits per heavy atom. The van der Waals surface area contributed by atoms with Crippen LogP contribution in [0.2, 0.25) is 5.02 Å². The van der Waals surface area contributed by atoms with Gasteiger partial charge >= 0.3 is 0 Å². The summed E-state index contributed by atoms with van der Waals surface area (Å²) in [5, 5.41) is 0.633. The van der Waals surface area contributed by atoms with Gasteiger partial charge in [-0.25, -0.2) is 4.98 Å². The van der Waals surface area contributed by atoms with Crippen molar-refractivity contribution in [2.45, 2.75) is 25.8 Å². The van der Waals surface area contributed by atoms with Crippen LogP contribution >= 0.6 is 22.2 Å². The SMILES string of the molecule is CCCC(N)c1cc(Cl)c2cncn2c1N1CCS(O)(O)CC1. The minimum Gasteiger partial charge on any atom is -0.354 e. The van der Waals surface area contributed by atoms with Gasteiger partial charge in [-0.3, -0.25) is 13.5 Å². The van der Waals surface area contributed by atoms with Crippen LogP contribution in [0.5, 0.6) is 0 Å². The zero-order chi connectivity index (χ0) is 16.6. The Hall–Kier alpha value is -0.990. The number of aromatic nitrogens is 2. The normalized spacial score (nSPS) is 20.7. The summed E-state index contributed by atoms with van der Waals surface area (Å²) in [5.41, 5.74) is 8.21. The highest BCUT2D eigenvalue weighted by Gasteiger charge is 2.27. The van der Waals surface area contributed by atoms with Gasteiger partial charge in [0.05, 0.1) is 28.2 Å². The van der Waals surface area contributed by atoms with Crippen LogP contribution in [0.3, 0.4) is 0 Å². The second-order valence-corrected chi connectivity index (χ2v) is 8.84. The van der Waals surface area contributed by atoms with Crippen molar-refractivity contribution in [3.05, 3.63) is 29.2 Å². The van der Waals surface area contributed by atoms with Gasteiger partial charge in [-0.1, -0.05) is 24.9 Å². The standard InChI is InChI=1S/C15H23ClN4O2S/c1-2-3-13(17)11-8-12(16)14-9-18-10-20(14)15(11)19-4-6-23(21,22)7-5-19/h8-10,13,21-22H,2-7,17H2,1H3. The topological polar surface area (TPSA) is 87.0 Å². The van der Waals surface area contributed by atoms with Crippen LogP contribution in [-0.2, 0) is 0 Å². The maximum atomic E-state index is 9.87. The molecule has 0 aromatic carbocycles. The first kappa shape index (κ1) is 16.9. The molecule has 3 heterocycles. The average molecular weight is 359 g/mol. The Morgan fingerprint density at radius 2 is 2.09 bits per heavy atom. The summed E-state index contributed by atoms with van der Waals surface area (Å²) in [6.07, 6.45) is 5.33. The first-order valence-corrected chi connectivity index (χ1v) is 10.1. The van der Waals surface area contributed by atoms with Crippen LogP contribution < -0.4 is 10.6 Å². The molecule has 3 rings (SSSR count). The summed E-state index contributed by atoms with van der Waals surface area (Å²) in [6, 6.07) is 1.82. The fourth-order valence-corrected chi connectivity index (χ4v) is 4.55. The molecule has 4 N–H and O–H groups in total. The quantitative estimate of drug-likeness (QED) is 0.780. The minimum atomic E-state index is -2.44. The van der Waals surface area contributed by atoms with Gasteiger partial charge in [-0.15, -0.1) is 0 Å². The second-order valence-electron chi connectivity index (χ2n) is 6.01. The average Bonchev–Trinajstić information content (AvgIpc) is 2.98. The lowest BCUT2D eigenvalue weighted by molar-refractivity contribution is 0.478. The van der Waals surface area contributed by atoms with Crippen molar-refractivity contribution < 1.29 is 9.11 Å². The van der Waals surface area contributed by atoms with Crippen LogP contribution in [0, 0.1) is 0 Å². The van der Waals surface area contributed by atoms with Crippen molar-refractivity contribution in [3.8, 4) is 0 Å². The predicted molar refractivity (Wildman–Crippen MR) is 96.8 cm³/mol. The maximum absolute atomic E-state index is 9.87. The summed E-state index contributed by atoms with van der Waals surface area (Å²) in [4.78, 5) is 6.37. The van der Waals surface area contributed by atoms with E-state index in [9.17, 15) is 9.11 Å². The molecule has 128 valence electrons. The van der Waals surface area contributed by atoms with Gasteiger partial charge in [-0.05, 0) is 12.5 Å². The molecule has 0 saturated carbocycles. The molecule has 6 nitrogen and oxygen atoms in total. The van der Waals surface area contributed by atoms with Crippen molar-refractivity contribution in [1.82, 2.24) is 9.38 Å². The van der Waals surface area contributed by atoms with E-state index in [1.54, 1.807) is 12.5 Å². The summed E-state index contributed by atoms with van der Waals surface area (Å²) in [7, 11) is -2.44. The molecule has 0 spiro atoms. The highest BCUT2D eigenvalue weighted by Crippen LogP contribution is 2.42. The third-order valence-electron chi connectivity index (χ3n) is 4.33. The summed E-state index contributed by atoms with van der Waals surface area (Å²) in [5.74, 6) is 1.74. The number of nitrogens with two attached hydrogens (primary N) is 1. The molecule has 8 heteroatoms. The number of halogens is 1. The number of pyridine rings is 1. The monoisotopic (exact) mass is 358 g/mol. The molecule has 1 saturated heterocycles. The molecule has 2 aromatic rings. The number of anilines is 1. The number of rotatable bonds is 4. The number of nitrogens with zero attached hydrogens (tertiary/aromatic N) is 3. The van der Waals surface area contributed by atoms with Crippen LogP contribution in [0.1, 0.15) is 31.4 Å². The Morgan fingerprint density at radius 1 is 1.39 bits per heavy atom. The molecule has 1 fully saturated rings. The van der Waals surface area contributed by atoms with E-state index < -0.39 is 10.6 Å². The molecule has 0 radical (unpaired) electrons. The summed E-state index contributed by atoms with van der Waals surface area (Å²) in [6.45, 7) is 3.28. The zero-order valence-electron chi connectivity index (χ0n) is 13.2. The van der Waals surface area contributed by atoms with Crippen molar-refractivity contribution in [1.29, 1.82) is 0 Å². The first-order chi connectivity index (χ1) is 10.9. The molecule has 1 unspecified atom stereocenters. The third-order valence-corrected chi connectivity index (χ3v) is 6.30. The largest absolute Gasteiger partial charge is 0.354 e. The number of fused-ring (bicyclic) bond motifs is 1. The predicted octanol–water partition coefficient (Wildman–Crippen LogP) is 3.36. The van der Waals surface area contributed by atoms with Crippen LogP contribution in [-0.4, -0.2) is 43.1 Å². The Balaban J connectivity index is 2.07. The van der Waals surface area contributed by atoms with Gasteiger partial charge in [0, 0.05) is 24.7 Å². The molecule has 0 aliphatic carbocycles. The van der Waals surface area contributed by atoms with Crippen LogP contribution in [0.15, 0.2) is 18.6 Å². The molecular formula is C15H23ClN4O2S. The molecule has 1 atom stereocenters. The van der Waals surface area contributed by atoms with Gasteiger partial charge in [0.15, 0.2) is 0 Å². The molecule has 1 aliphatic rings. The van der Waals surface area contributed by atoms with E-state index in [0.717, 1.165) is 29.7 Å². The van der Waals surface area contributed by atoms with Gasteiger partial charge in [-0.2, -0.15) is 10.6 Å². The van der Waals surface area contributed by atoms with Gasteiger partial charge in [0.25, 0.3) is 0 Å². The van der Waals surface area contributed by atoms with Crippen molar-refractivity contribution in [3.63, 3.8) is 0 Å². The fraction of sp³-hybridized carbons (Fsp3) is 0.533. The van der Waals surface area contributed by atoms with E-state index >= 15 is 0 Å². The number of imidazole rings is 1. The van der Waals surface area contributed by atoms with Crippen molar-refractivity contribution in [2.75, 3.05) is 29.5 Å². The number of hydrogen-bond acceptors (Lipinski definition) is 5. The lowest BCUT2D eigenvalue weighted by Crippen LogP contribution is -2.40. The Kier molecular flexibility index (Phi) is 4.75. The molecule has 23 heavy (non-hydrogen) atoms. The second kappa shape index (κ2) is 6.49. The lowest BCUT2D eigenvalue weighted by atomic mass is 10.0. The van der Waals surface area contributed by atoms with E-state index in [-0.39, 0.29) is 6.04 Å². The molecule has 2 aromatic heterocycles. The minimum absolute atomic E-state index is 0.110. The lowest BCUT2D eigenvalue weighted by Gasteiger charge is -2.42. The highest BCUT2D eigenvalue weighted by atomic mass is 35.5. The smallest absolute Gasteiger partial charge is 0.119 e. The summed E-state index contributed by atoms with van der Waals surface area (Å²) >= 11 is 6.39. The van der Waals surface area contributed by atoms with E-state index in [1.165, 1.54) is 0 Å². The zero-order valence-corrected chi connectivity index (χ0v) is 14.7. The fourth-order valence-electron chi connectivity index (χ4n) is 3.07. The summed E-state index contributed by atoms with van der Waals surface area (Å²) < 4.78 is 21.7. The van der Waals surface area contributed by atoms with E-state index in [2.05, 4.69) is 16.8 Å². The molecule has 0 amide bonds. The highest BCUT2D eigenvalue weighted by molar-refractivity contribution is 8.24.